The van der Waals surface area contributed by atoms with Gasteiger partial charge in [0, 0.05) is 14.1 Å². The summed E-state index contributed by atoms with van der Waals surface area (Å²) in [6.07, 6.45) is 0.736. The second kappa shape index (κ2) is 5.44. The van der Waals surface area contributed by atoms with Crippen molar-refractivity contribution in [3.8, 4) is 0 Å². The molecule has 4 rings (SSSR count). The van der Waals surface area contributed by atoms with Crippen molar-refractivity contribution >= 4 is 22.8 Å². The predicted molar refractivity (Wildman–Crippen MR) is 96.1 cm³/mol. The van der Waals surface area contributed by atoms with Crippen molar-refractivity contribution in [2.45, 2.75) is 19.4 Å². The summed E-state index contributed by atoms with van der Waals surface area (Å²) in [5, 5.41) is 4.48. The van der Waals surface area contributed by atoms with Crippen molar-refractivity contribution in [3.05, 3.63) is 56.7 Å². The topological polar surface area (TPSA) is 86.2 Å². The van der Waals surface area contributed by atoms with Gasteiger partial charge in [-0.15, -0.1) is 0 Å². The molecule has 8 nitrogen and oxygen atoms in total. The number of benzene rings is 1. The SMILES string of the molecule is CC[C@@H]1C(c2ccccc2)=NNc2nc3c(c(=O)n(C)c(=O)n3C)n21. The lowest BCUT2D eigenvalue weighted by atomic mass is 10.0. The number of fused-ring (bicyclic) bond motifs is 3. The number of hydrogen-bond donors (Lipinski definition) is 1. The molecule has 2 aromatic heterocycles. The van der Waals surface area contributed by atoms with Crippen molar-refractivity contribution in [2.24, 2.45) is 19.2 Å². The van der Waals surface area contributed by atoms with Gasteiger partial charge in [-0.25, -0.2) is 10.2 Å². The molecule has 0 saturated carbocycles. The minimum absolute atomic E-state index is 0.145. The van der Waals surface area contributed by atoms with Gasteiger partial charge < -0.3 is 0 Å². The largest absolute Gasteiger partial charge is 0.332 e. The molecule has 1 aliphatic rings. The second-order valence-corrected chi connectivity index (χ2v) is 6.08. The van der Waals surface area contributed by atoms with E-state index in [-0.39, 0.29) is 11.6 Å². The van der Waals surface area contributed by atoms with Crippen LogP contribution in [0.25, 0.3) is 11.2 Å². The Balaban J connectivity index is 2.03. The Hall–Kier alpha value is -3.16. The first kappa shape index (κ1) is 15.4. The van der Waals surface area contributed by atoms with Crippen LogP contribution in [0.3, 0.4) is 0 Å². The van der Waals surface area contributed by atoms with Crippen LogP contribution in [0, 0.1) is 0 Å². The number of aryl methyl sites for hydroxylation is 1. The Morgan fingerprint density at radius 1 is 1.12 bits per heavy atom. The minimum atomic E-state index is -0.398. The predicted octanol–water partition coefficient (Wildman–Crippen LogP) is 1.21. The summed E-state index contributed by atoms with van der Waals surface area (Å²) in [6, 6.07) is 9.69. The summed E-state index contributed by atoms with van der Waals surface area (Å²) in [6.45, 7) is 2.04. The zero-order valence-electron chi connectivity index (χ0n) is 14.2. The molecule has 0 aliphatic carbocycles. The molecule has 1 aliphatic heterocycles. The van der Waals surface area contributed by atoms with Crippen LogP contribution in [0.4, 0.5) is 5.95 Å². The van der Waals surface area contributed by atoms with Crippen molar-refractivity contribution in [1.29, 1.82) is 0 Å². The highest BCUT2D eigenvalue weighted by Crippen LogP contribution is 2.30. The Bertz CT molecular complexity index is 1120. The maximum Gasteiger partial charge on any atom is 0.332 e. The maximum atomic E-state index is 12.8. The lowest BCUT2D eigenvalue weighted by molar-refractivity contribution is 0.618. The van der Waals surface area contributed by atoms with Gasteiger partial charge in [0.05, 0.1) is 11.8 Å². The average molecular weight is 338 g/mol. The van der Waals surface area contributed by atoms with Crippen molar-refractivity contribution in [1.82, 2.24) is 18.7 Å². The van der Waals surface area contributed by atoms with Crippen molar-refractivity contribution in [2.75, 3.05) is 5.43 Å². The third-order valence-corrected chi connectivity index (χ3v) is 4.65. The second-order valence-electron chi connectivity index (χ2n) is 6.08. The van der Waals surface area contributed by atoms with Crippen LogP contribution in [-0.2, 0) is 14.1 Å². The molecular formula is C17H18N6O2. The summed E-state index contributed by atoms with van der Waals surface area (Å²) in [5.41, 5.74) is 4.77. The zero-order valence-corrected chi connectivity index (χ0v) is 14.2. The van der Waals surface area contributed by atoms with E-state index in [1.165, 1.54) is 11.6 Å². The molecule has 0 bridgehead atoms. The van der Waals surface area contributed by atoms with Gasteiger partial charge in [-0.2, -0.15) is 10.1 Å². The molecule has 1 aromatic carbocycles. The monoisotopic (exact) mass is 338 g/mol. The first-order chi connectivity index (χ1) is 12.0. The highest BCUT2D eigenvalue weighted by Gasteiger charge is 2.30. The molecule has 3 heterocycles. The van der Waals surface area contributed by atoms with E-state index >= 15 is 0 Å². The number of rotatable bonds is 2. The molecule has 0 spiro atoms. The van der Waals surface area contributed by atoms with Crippen LogP contribution < -0.4 is 16.7 Å². The Labute approximate surface area is 143 Å². The van der Waals surface area contributed by atoms with E-state index in [2.05, 4.69) is 15.5 Å². The molecule has 3 aromatic rings. The Morgan fingerprint density at radius 2 is 1.84 bits per heavy atom. The average Bonchev–Trinajstić information content (AvgIpc) is 3.04. The van der Waals surface area contributed by atoms with E-state index in [0.717, 1.165) is 22.3 Å². The fourth-order valence-electron chi connectivity index (χ4n) is 3.35. The molecule has 0 unspecified atom stereocenters. The van der Waals surface area contributed by atoms with Crippen LogP contribution in [0.2, 0.25) is 0 Å². The first-order valence-electron chi connectivity index (χ1n) is 8.11. The van der Waals surface area contributed by atoms with E-state index in [4.69, 9.17) is 0 Å². The number of nitrogens with one attached hydrogen (secondary N) is 1. The number of aromatic nitrogens is 4. The first-order valence-corrected chi connectivity index (χ1v) is 8.11. The van der Waals surface area contributed by atoms with Crippen molar-refractivity contribution in [3.63, 3.8) is 0 Å². The highest BCUT2D eigenvalue weighted by atomic mass is 16.2. The van der Waals surface area contributed by atoms with E-state index in [1.54, 1.807) is 7.05 Å². The van der Waals surface area contributed by atoms with Gasteiger partial charge >= 0.3 is 5.69 Å². The van der Waals surface area contributed by atoms with Gasteiger partial charge in [0.1, 0.15) is 0 Å². The molecule has 1 N–H and O–H groups in total. The summed E-state index contributed by atoms with van der Waals surface area (Å²) in [5.74, 6) is 0.472. The summed E-state index contributed by atoms with van der Waals surface area (Å²) in [7, 11) is 3.09. The molecule has 0 amide bonds. The van der Waals surface area contributed by atoms with Crippen LogP contribution in [-0.4, -0.2) is 24.4 Å². The molecule has 8 heteroatoms. The maximum absolute atomic E-state index is 12.8. The molecular weight excluding hydrogens is 320 g/mol. The molecule has 0 saturated heterocycles. The molecule has 128 valence electrons. The van der Waals surface area contributed by atoms with E-state index in [0.29, 0.717) is 17.1 Å². The van der Waals surface area contributed by atoms with Crippen LogP contribution in [0.1, 0.15) is 24.9 Å². The van der Waals surface area contributed by atoms with E-state index in [1.807, 2.05) is 41.8 Å². The minimum Gasteiger partial charge on any atom is -0.294 e. The number of anilines is 1. The van der Waals surface area contributed by atoms with E-state index < -0.39 is 5.69 Å². The lowest BCUT2D eigenvalue weighted by Crippen LogP contribution is -2.38. The van der Waals surface area contributed by atoms with Crippen molar-refractivity contribution < 1.29 is 0 Å². The van der Waals surface area contributed by atoms with Gasteiger partial charge in [-0.3, -0.25) is 18.5 Å². The molecule has 25 heavy (non-hydrogen) atoms. The summed E-state index contributed by atoms with van der Waals surface area (Å²) in [4.78, 5) is 29.4. The molecule has 0 fully saturated rings. The smallest absolute Gasteiger partial charge is 0.294 e. The standard InChI is InChI=1S/C17H18N6O2/c1-4-11-12(10-8-6-5-7-9-10)19-20-16-18-14-13(23(11)16)15(24)22(3)17(25)21(14)2/h5-9,11H,4H2,1-3H3,(H,18,20)/t11-/m1/s1. The van der Waals surface area contributed by atoms with Gasteiger partial charge in [-0.1, -0.05) is 37.3 Å². The number of imidazole rings is 1. The van der Waals surface area contributed by atoms with Crippen LogP contribution in [0.15, 0.2) is 45.0 Å². The van der Waals surface area contributed by atoms with Gasteiger partial charge in [0.25, 0.3) is 5.56 Å². The summed E-state index contributed by atoms with van der Waals surface area (Å²) >= 11 is 0. The third kappa shape index (κ3) is 2.07. The fourth-order valence-corrected chi connectivity index (χ4v) is 3.35. The quantitative estimate of drug-likeness (QED) is 0.761. The number of hydrazone groups is 1. The molecule has 0 radical (unpaired) electrons. The Morgan fingerprint density at radius 3 is 2.52 bits per heavy atom. The number of hydrogen-bond acceptors (Lipinski definition) is 5. The number of nitrogens with zero attached hydrogens (tertiary/aromatic N) is 5. The highest BCUT2D eigenvalue weighted by molar-refractivity contribution is 6.05. The lowest BCUT2D eigenvalue weighted by Gasteiger charge is -2.25. The third-order valence-electron chi connectivity index (χ3n) is 4.65. The normalized spacial score (nSPS) is 16.4. The van der Waals surface area contributed by atoms with Gasteiger partial charge in [0.15, 0.2) is 11.2 Å². The van der Waals surface area contributed by atoms with E-state index in [9.17, 15) is 9.59 Å². The summed E-state index contributed by atoms with van der Waals surface area (Å²) < 4.78 is 4.35. The fraction of sp³-hybridized carbons (Fsp3) is 0.294. The van der Waals surface area contributed by atoms with Crippen LogP contribution >= 0.6 is 0 Å². The Kier molecular flexibility index (Phi) is 3.34. The van der Waals surface area contributed by atoms with Gasteiger partial charge in [0.2, 0.25) is 5.95 Å². The molecule has 1 atom stereocenters. The van der Waals surface area contributed by atoms with Crippen LogP contribution in [0.5, 0.6) is 0 Å². The zero-order chi connectivity index (χ0) is 17.7. The van der Waals surface area contributed by atoms with Gasteiger partial charge in [-0.05, 0) is 12.0 Å².